The summed E-state index contributed by atoms with van der Waals surface area (Å²) in [6, 6.07) is 1.44. The van der Waals surface area contributed by atoms with Gasteiger partial charge in [0.15, 0.2) is 0 Å². The van der Waals surface area contributed by atoms with E-state index in [1.807, 2.05) is 0 Å². The van der Waals surface area contributed by atoms with Crippen LogP contribution in [0.15, 0.2) is 6.07 Å². The van der Waals surface area contributed by atoms with Gasteiger partial charge in [-0.15, -0.1) is 0 Å². The molecule has 0 fully saturated rings. The molecule has 0 aromatic carbocycles. The van der Waals surface area contributed by atoms with Crippen LogP contribution in [0.1, 0.15) is 0 Å². The first-order chi connectivity index (χ1) is 9.05. The standard InChI is InChI=1S/C10H13N3O6/c1-17-7-3-8(18-2)13-10(12-7)11-6(14)4-19-5-9(15)16/h3H,4-5H2,1-2H3,(H,15,16)(H,11,12,13,14). The first-order valence-electron chi connectivity index (χ1n) is 5.11. The highest BCUT2D eigenvalue weighted by Gasteiger charge is 2.09. The average molecular weight is 271 g/mol. The summed E-state index contributed by atoms with van der Waals surface area (Å²) >= 11 is 0. The van der Waals surface area contributed by atoms with Gasteiger partial charge >= 0.3 is 5.97 Å². The lowest BCUT2D eigenvalue weighted by Crippen LogP contribution is -2.22. The fraction of sp³-hybridized carbons (Fsp3) is 0.400. The van der Waals surface area contributed by atoms with E-state index in [-0.39, 0.29) is 17.7 Å². The van der Waals surface area contributed by atoms with E-state index >= 15 is 0 Å². The van der Waals surface area contributed by atoms with E-state index in [9.17, 15) is 9.59 Å². The lowest BCUT2D eigenvalue weighted by Gasteiger charge is -2.07. The molecule has 0 radical (unpaired) electrons. The smallest absolute Gasteiger partial charge is 0.329 e. The first-order valence-corrected chi connectivity index (χ1v) is 5.11. The number of hydrogen-bond donors (Lipinski definition) is 2. The maximum atomic E-state index is 11.4. The number of hydrogen-bond acceptors (Lipinski definition) is 7. The minimum atomic E-state index is -1.16. The van der Waals surface area contributed by atoms with Crippen LogP contribution >= 0.6 is 0 Å². The van der Waals surface area contributed by atoms with Crippen LogP contribution in [0.3, 0.4) is 0 Å². The van der Waals surface area contributed by atoms with Crippen LogP contribution < -0.4 is 14.8 Å². The van der Waals surface area contributed by atoms with Crippen LogP contribution in [0.4, 0.5) is 5.95 Å². The van der Waals surface area contributed by atoms with Gasteiger partial charge in [0, 0.05) is 0 Å². The third-order valence-electron chi connectivity index (χ3n) is 1.81. The van der Waals surface area contributed by atoms with Gasteiger partial charge in [0.2, 0.25) is 17.7 Å². The van der Waals surface area contributed by atoms with Crippen molar-refractivity contribution in [1.82, 2.24) is 9.97 Å². The van der Waals surface area contributed by atoms with E-state index in [1.54, 1.807) is 0 Å². The monoisotopic (exact) mass is 271 g/mol. The van der Waals surface area contributed by atoms with E-state index in [2.05, 4.69) is 20.0 Å². The predicted molar refractivity (Wildman–Crippen MR) is 62.2 cm³/mol. The Morgan fingerprint density at radius 1 is 1.21 bits per heavy atom. The minimum Gasteiger partial charge on any atom is -0.481 e. The summed E-state index contributed by atoms with van der Waals surface area (Å²) in [6.07, 6.45) is 0. The van der Waals surface area contributed by atoms with Crippen molar-refractivity contribution in [2.75, 3.05) is 32.8 Å². The number of amides is 1. The molecule has 0 bridgehead atoms. The molecular weight excluding hydrogens is 258 g/mol. The van der Waals surface area contributed by atoms with Crippen molar-refractivity contribution in [3.63, 3.8) is 0 Å². The molecule has 0 aliphatic carbocycles. The summed E-state index contributed by atoms with van der Waals surface area (Å²) in [5.74, 6) is -1.34. The fourth-order valence-corrected chi connectivity index (χ4v) is 1.06. The highest BCUT2D eigenvalue weighted by molar-refractivity contribution is 5.90. The molecule has 0 unspecified atom stereocenters. The number of carboxylic acid groups (broad SMARTS) is 1. The maximum absolute atomic E-state index is 11.4. The summed E-state index contributed by atoms with van der Waals surface area (Å²) in [5, 5.41) is 10.7. The summed E-state index contributed by atoms with van der Waals surface area (Å²) in [6.45, 7) is -0.981. The summed E-state index contributed by atoms with van der Waals surface area (Å²) in [4.78, 5) is 29.3. The summed E-state index contributed by atoms with van der Waals surface area (Å²) < 4.78 is 14.4. The van der Waals surface area contributed by atoms with Crippen molar-refractivity contribution in [1.29, 1.82) is 0 Å². The number of carboxylic acids is 1. The predicted octanol–water partition coefficient (Wildman–Crippen LogP) is -0.467. The molecule has 0 saturated heterocycles. The molecule has 1 heterocycles. The number of ether oxygens (including phenoxy) is 3. The van der Waals surface area contributed by atoms with Crippen LogP contribution in [0.25, 0.3) is 0 Å². The molecular formula is C10H13N3O6. The van der Waals surface area contributed by atoms with Gasteiger partial charge in [-0.1, -0.05) is 0 Å². The topological polar surface area (TPSA) is 120 Å². The van der Waals surface area contributed by atoms with Gasteiger partial charge in [0.1, 0.15) is 13.2 Å². The molecule has 2 N–H and O–H groups in total. The highest BCUT2D eigenvalue weighted by atomic mass is 16.5. The van der Waals surface area contributed by atoms with Gasteiger partial charge in [-0.2, -0.15) is 9.97 Å². The quantitative estimate of drug-likeness (QED) is 0.683. The number of carbonyl (C=O) groups excluding carboxylic acids is 1. The zero-order valence-corrected chi connectivity index (χ0v) is 10.4. The van der Waals surface area contributed by atoms with Crippen LogP contribution in [-0.2, 0) is 14.3 Å². The fourth-order valence-electron chi connectivity index (χ4n) is 1.06. The molecule has 19 heavy (non-hydrogen) atoms. The zero-order chi connectivity index (χ0) is 14.3. The highest BCUT2D eigenvalue weighted by Crippen LogP contribution is 2.16. The zero-order valence-electron chi connectivity index (χ0n) is 10.4. The maximum Gasteiger partial charge on any atom is 0.329 e. The van der Waals surface area contributed by atoms with Crippen molar-refractivity contribution in [2.45, 2.75) is 0 Å². The Morgan fingerprint density at radius 3 is 2.26 bits per heavy atom. The van der Waals surface area contributed by atoms with Crippen LogP contribution in [0.5, 0.6) is 11.8 Å². The third-order valence-corrected chi connectivity index (χ3v) is 1.81. The second-order valence-electron chi connectivity index (χ2n) is 3.21. The number of methoxy groups -OCH3 is 2. The largest absolute Gasteiger partial charge is 0.481 e. The third kappa shape index (κ3) is 5.17. The van der Waals surface area contributed by atoms with Gasteiger partial charge in [-0.3, -0.25) is 10.1 Å². The molecule has 0 atom stereocenters. The van der Waals surface area contributed by atoms with E-state index in [0.717, 1.165) is 0 Å². The minimum absolute atomic E-state index is 0.0277. The Kier molecular flexibility index (Phi) is 5.48. The van der Waals surface area contributed by atoms with Crippen LogP contribution in [0, 0.1) is 0 Å². The van der Waals surface area contributed by atoms with Crippen molar-refractivity contribution >= 4 is 17.8 Å². The number of rotatable bonds is 7. The first kappa shape index (κ1) is 14.6. The molecule has 9 heteroatoms. The van der Waals surface area contributed by atoms with E-state index in [0.29, 0.717) is 0 Å². The second kappa shape index (κ2) is 7.11. The van der Waals surface area contributed by atoms with Gasteiger partial charge in [0.05, 0.1) is 20.3 Å². The lowest BCUT2D eigenvalue weighted by atomic mass is 10.5. The Labute approximate surface area is 108 Å². The number of carbonyl (C=O) groups is 2. The molecule has 9 nitrogen and oxygen atoms in total. The molecule has 1 aromatic heterocycles. The van der Waals surface area contributed by atoms with Gasteiger partial charge in [-0.25, -0.2) is 4.79 Å². The van der Waals surface area contributed by atoms with Crippen LogP contribution in [-0.4, -0.2) is 54.4 Å². The number of nitrogens with one attached hydrogen (secondary N) is 1. The Morgan fingerprint density at radius 2 is 1.79 bits per heavy atom. The number of aliphatic carboxylic acids is 1. The molecule has 104 valence electrons. The molecule has 0 aliphatic heterocycles. The Bertz CT molecular complexity index is 442. The molecule has 1 rings (SSSR count). The van der Waals surface area contributed by atoms with E-state index < -0.39 is 25.1 Å². The number of aromatic nitrogens is 2. The summed E-state index contributed by atoms with van der Waals surface area (Å²) in [7, 11) is 2.81. The van der Waals surface area contributed by atoms with E-state index in [4.69, 9.17) is 14.6 Å². The normalized spacial score (nSPS) is 9.79. The van der Waals surface area contributed by atoms with Crippen LogP contribution in [0.2, 0.25) is 0 Å². The molecule has 1 amide bonds. The SMILES string of the molecule is COc1cc(OC)nc(NC(=O)COCC(=O)O)n1. The Hall–Kier alpha value is -2.42. The molecule has 0 spiro atoms. The van der Waals surface area contributed by atoms with Gasteiger partial charge in [-0.05, 0) is 0 Å². The summed E-state index contributed by atoms with van der Waals surface area (Å²) in [5.41, 5.74) is 0. The number of anilines is 1. The average Bonchev–Trinajstić information content (AvgIpc) is 2.37. The van der Waals surface area contributed by atoms with Gasteiger partial charge < -0.3 is 19.3 Å². The second-order valence-corrected chi connectivity index (χ2v) is 3.21. The molecule has 1 aromatic rings. The van der Waals surface area contributed by atoms with Crippen molar-refractivity contribution in [3.05, 3.63) is 6.07 Å². The molecule has 0 aliphatic rings. The lowest BCUT2D eigenvalue weighted by molar-refractivity contribution is -0.143. The van der Waals surface area contributed by atoms with Gasteiger partial charge in [0.25, 0.3) is 5.91 Å². The number of nitrogens with zero attached hydrogens (tertiary/aromatic N) is 2. The van der Waals surface area contributed by atoms with Crippen molar-refractivity contribution in [2.24, 2.45) is 0 Å². The Balaban J connectivity index is 2.60. The van der Waals surface area contributed by atoms with Crippen molar-refractivity contribution < 1.29 is 28.9 Å². The van der Waals surface area contributed by atoms with Crippen molar-refractivity contribution in [3.8, 4) is 11.8 Å². The van der Waals surface area contributed by atoms with E-state index in [1.165, 1.54) is 20.3 Å². The molecule has 0 saturated carbocycles.